The van der Waals surface area contributed by atoms with E-state index in [9.17, 15) is 9.18 Å². The molecule has 2 aliphatic rings. The second-order valence-electron chi connectivity index (χ2n) is 10.3. The Morgan fingerprint density at radius 2 is 1.73 bits per heavy atom. The summed E-state index contributed by atoms with van der Waals surface area (Å²) in [6, 6.07) is 31.1. The summed E-state index contributed by atoms with van der Waals surface area (Å²) in [7, 11) is 0. The van der Waals surface area contributed by atoms with Gasteiger partial charge in [0.1, 0.15) is 5.82 Å². The molecule has 4 nitrogen and oxygen atoms in total. The molecule has 4 aromatic rings. The molecule has 0 saturated heterocycles. The van der Waals surface area contributed by atoms with Crippen LogP contribution < -0.4 is 10.7 Å². The highest BCUT2D eigenvalue weighted by Crippen LogP contribution is 2.50. The third kappa shape index (κ3) is 5.58. The number of thioether (sulfide) groups is 1. The van der Waals surface area contributed by atoms with Gasteiger partial charge in [-0.1, -0.05) is 60.7 Å². The number of nitrogens with one attached hydrogen (secondary N) is 2. The molecule has 0 bridgehead atoms. The van der Waals surface area contributed by atoms with Crippen LogP contribution in [0, 0.1) is 11.7 Å². The number of hydrogen-bond acceptors (Lipinski definition) is 4. The molecule has 0 spiro atoms. The largest absolute Gasteiger partial charge is 0.378 e. The minimum absolute atomic E-state index is 0.122. The van der Waals surface area contributed by atoms with E-state index in [-0.39, 0.29) is 23.7 Å². The highest BCUT2D eigenvalue weighted by Gasteiger charge is 2.38. The van der Waals surface area contributed by atoms with E-state index in [1.807, 2.05) is 67.6 Å². The van der Waals surface area contributed by atoms with Crippen LogP contribution in [-0.4, -0.2) is 11.6 Å². The predicted octanol–water partition coefficient (Wildman–Crippen LogP) is 8.10. The van der Waals surface area contributed by atoms with Crippen molar-refractivity contribution in [3.63, 3.8) is 0 Å². The van der Waals surface area contributed by atoms with Crippen LogP contribution in [0.1, 0.15) is 57.9 Å². The van der Waals surface area contributed by atoms with Gasteiger partial charge in [0.05, 0.1) is 11.8 Å². The zero-order chi connectivity index (χ0) is 27.5. The molecule has 2 N–H and O–H groups in total. The van der Waals surface area contributed by atoms with Crippen LogP contribution in [0.25, 0.3) is 0 Å². The Labute approximate surface area is 238 Å². The summed E-state index contributed by atoms with van der Waals surface area (Å²) in [6.45, 7) is 1.91. The van der Waals surface area contributed by atoms with Gasteiger partial charge in [0, 0.05) is 27.8 Å². The maximum absolute atomic E-state index is 13.5. The summed E-state index contributed by atoms with van der Waals surface area (Å²) in [4.78, 5) is 14.0. The maximum atomic E-state index is 13.5. The van der Waals surface area contributed by atoms with Crippen LogP contribution in [-0.2, 0) is 5.75 Å². The van der Waals surface area contributed by atoms with Crippen molar-refractivity contribution >= 4 is 29.1 Å². The Hall–Kier alpha value is -4.16. The summed E-state index contributed by atoms with van der Waals surface area (Å²) in [6.07, 6.45) is 5.49. The Balaban J connectivity index is 1.12. The van der Waals surface area contributed by atoms with Gasteiger partial charge >= 0.3 is 0 Å². The summed E-state index contributed by atoms with van der Waals surface area (Å²) in [5.74, 6) is 1.02. The van der Waals surface area contributed by atoms with E-state index in [1.165, 1.54) is 22.6 Å². The normalized spacial score (nSPS) is 19.4. The lowest BCUT2D eigenvalue weighted by Crippen LogP contribution is -2.29. The molecular weight excluding hydrogens is 517 g/mol. The molecule has 0 unspecified atom stereocenters. The van der Waals surface area contributed by atoms with Crippen LogP contribution >= 0.6 is 11.8 Å². The van der Waals surface area contributed by atoms with Gasteiger partial charge in [0.25, 0.3) is 5.91 Å². The van der Waals surface area contributed by atoms with E-state index < -0.39 is 0 Å². The van der Waals surface area contributed by atoms with Crippen molar-refractivity contribution in [2.24, 2.45) is 11.0 Å². The zero-order valence-electron chi connectivity index (χ0n) is 22.2. The van der Waals surface area contributed by atoms with Crippen molar-refractivity contribution in [1.29, 1.82) is 0 Å². The van der Waals surface area contributed by atoms with Gasteiger partial charge < -0.3 is 5.32 Å². The highest BCUT2D eigenvalue weighted by atomic mass is 32.2. The zero-order valence-corrected chi connectivity index (χ0v) is 23.0. The molecule has 4 aromatic carbocycles. The molecule has 0 fully saturated rings. The fourth-order valence-corrected chi connectivity index (χ4v) is 6.39. The molecular formula is C34H30FN3OS. The molecule has 0 aromatic heterocycles. The third-order valence-corrected chi connectivity index (χ3v) is 8.78. The van der Waals surface area contributed by atoms with E-state index in [1.54, 1.807) is 11.8 Å². The predicted molar refractivity (Wildman–Crippen MR) is 161 cm³/mol. The van der Waals surface area contributed by atoms with E-state index in [2.05, 4.69) is 52.3 Å². The van der Waals surface area contributed by atoms with Crippen LogP contribution in [0.2, 0.25) is 0 Å². The molecule has 0 saturated carbocycles. The lowest BCUT2D eigenvalue weighted by molar-refractivity contribution is 0.0955. The second-order valence-corrected chi connectivity index (χ2v) is 11.3. The van der Waals surface area contributed by atoms with Gasteiger partial charge in [-0.25, -0.2) is 9.82 Å². The summed E-state index contributed by atoms with van der Waals surface area (Å²) >= 11 is 1.77. The SMILES string of the molecule is C/C(=N/NC(=O)c1ccc(CSc2ccccc2)cc1)c1ccc2c(c1)[C@@H]1C=CC[C@@H]1[C@H](c1ccc(F)cc1)N2. The van der Waals surface area contributed by atoms with Crippen molar-refractivity contribution in [3.05, 3.63) is 143 Å². The number of benzene rings is 4. The highest BCUT2D eigenvalue weighted by molar-refractivity contribution is 7.98. The molecule has 1 amide bonds. The third-order valence-electron chi connectivity index (χ3n) is 7.70. The summed E-state index contributed by atoms with van der Waals surface area (Å²) in [5.41, 5.74) is 9.56. The molecule has 6 heteroatoms. The average molecular weight is 548 g/mol. The lowest BCUT2D eigenvalue weighted by Gasteiger charge is -2.37. The maximum Gasteiger partial charge on any atom is 0.271 e. The number of allylic oxidation sites excluding steroid dienone is 2. The number of hydrazone groups is 1. The number of anilines is 1. The average Bonchev–Trinajstić information content (AvgIpc) is 3.50. The van der Waals surface area contributed by atoms with Gasteiger partial charge in [0.2, 0.25) is 0 Å². The first kappa shape index (κ1) is 26.1. The smallest absolute Gasteiger partial charge is 0.271 e. The first-order chi connectivity index (χ1) is 19.5. The van der Waals surface area contributed by atoms with Gasteiger partial charge in [-0.3, -0.25) is 4.79 Å². The number of halogens is 1. The number of hydrogen-bond donors (Lipinski definition) is 2. The van der Waals surface area contributed by atoms with Gasteiger partial charge in [-0.05, 0) is 90.0 Å². The van der Waals surface area contributed by atoms with E-state index >= 15 is 0 Å². The van der Waals surface area contributed by atoms with E-state index in [4.69, 9.17) is 0 Å². The molecule has 200 valence electrons. The van der Waals surface area contributed by atoms with E-state index in [0.717, 1.165) is 40.3 Å². The molecule has 6 rings (SSSR count). The van der Waals surface area contributed by atoms with E-state index in [0.29, 0.717) is 11.5 Å². The Morgan fingerprint density at radius 1 is 0.975 bits per heavy atom. The Kier molecular flexibility index (Phi) is 7.51. The fourth-order valence-electron chi connectivity index (χ4n) is 5.52. The van der Waals surface area contributed by atoms with Gasteiger partial charge in [0.15, 0.2) is 0 Å². The second kappa shape index (κ2) is 11.5. The van der Waals surface area contributed by atoms with Gasteiger partial charge in [-0.2, -0.15) is 5.10 Å². The van der Waals surface area contributed by atoms with Crippen molar-refractivity contribution in [2.45, 2.75) is 36.0 Å². The van der Waals surface area contributed by atoms with Crippen molar-refractivity contribution in [1.82, 2.24) is 5.43 Å². The lowest BCUT2D eigenvalue weighted by atomic mass is 9.76. The van der Waals surface area contributed by atoms with Crippen molar-refractivity contribution in [2.75, 3.05) is 5.32 Å². The molecule has 0 radical (unpaired) electrons. The first-order valence-corrected chi connectivity index (χ1v) is 14.5. The molecule has 1 aliphatic heterocycles. The standard InChI is InChI=1S/C34H30FN3OS/c1-22(37-38-34(39)25-12-10-23(11-13-25)21-40-28-6-3-2-4-7-28)26-16-19-32-31(20-26)29-8-5-9-30(29)33(36-32)24-14-17-27(35)18-15-24/h2-8,10-20,29-30,33,36H,9,21H2,1H3,(H,38,39)/b37-22-/t29-,30+,33+/m1/s1. The quantitative estimate of drug-likeness (QED) is 0.106. The fraction of sp³-hybridized carbons (Fsp3) is 0.176. The minimum atomic E-state index is -0.234. The number of carbonyl (C=O) groups excluding carboxylic acids is 1. The number of carbonyl (C=O) groups is 1. The molecule has 1 heterocycles. The molecule has 40 heavy (non-hydrogen) atoms. The monoisotopic (exact) mass is 547 g/mol. The van der Waals surface area contributed by atoms with Crippen molar-refractivity contribution < 1.29 is 9.18 Å². The molecule has 1 aliphatic carbocycles. The Bertz CT molecular complexity index is 1570. The Morgan fingerprint density at radius 3 is 2.50 bits per heavy atom. The number of nitrogens with zero attached hydrogens (tertiary/aromatic N) is 1. The van der Waals surface area contributed by atoms with Gasteiger partial charge in [-0.15, -0.1) is 11.8 Å². The summed E-state index contributed by atoms with van der Waals surface area (Å²) < 4.78 is 13.5. The number of amides is 1. The van der Waals surface area contributed by atoms with Crippen LogP contribution in [0.15, 0.2) is 119 Å². The van der Waals surface area contributed by atoms with Crippen LogP contribution in [0.4, 0.5) is 10.1 Å². The summed E-state index contributed by atoms with van der Waals surface area (Å²) in [5, 5.41) is 8.10. The number of fused-ring (bicyclic) bond motifs is 3. The van der Waals surface area contributed by atoms with Crippen LogP contribution in [0.3, 0.4) is 0 Å². The number of rotatable bonds is 7. The van der Waals surface area contributed by atoms with Crippen molar-refractivity contribution in [3.8, 4) is 0 Å². The first-order valence-electron chi connectivity index (χ1n) is 13.5. The minimum Gasteiger partial charge on any atom is -0.378 e. The topological polar surface area (TPSA) is 53.5 Å². The molecule has 3 atom stereocenters. The van der Waals surface area contributed by atoms with Crippen LogP contribution in [0.5, 0.6) is 0 Å².